The van der Waals surface area contributed by atoms with Gasteiger partial charge in [0.2, 0.25) is 5.75 Å². The van der Waals surface area contributed by atoms with Gasteiger partial charge in [0.1, 0.15) is 12.5 Å². The summed E-state index contributed by atoms with van der Waals surface area (Å²) in [6, 6.07) is 5.07. The van der Waals surface area contributed by atoms with Crippen LogP contribution in [0.2, 0.25) is 0 Å². The van der Waals surface area contributed by atoms with Gasteiger partial charge in [-0.15, -0.1) is 0 Å². The Balaban J connectivity index is 1.82. The van der Waals surface area contributed by atoms with Crippen molar-refractivity contribution >= 4 is 19.5 Å². The van der Waals surface area contributed by atoms with Gasteiger partial charge in [0.25, 0.3) is 5.91 Å². The van der Waals surface area contributed by atoms with E-state index in [1.807, 2.05) is 0 Å². The summed E-state index contributed by atoms with van der Waals surface area (Å²) in [6.45, 7) is -11.7. The Morgan fingerprint density at radius 1 is 1.15 bits per heavy atom. The molecule has 3 heterocycles. The molecule has 1 amide bonds. The SMILES string of the molecule is [2H]c1nc(Cc2cc(OC)c(OC)c(OC)c2)nc(Cc2ccc3c(n2)N(C([2H])([2H])OP(=O)([O-])[O-])C(=O)C(C([2H])([2H])[2H])(C([2H])([2H])[2H])O3)c1F. The molecule has 1 aliphatic rings. The quantitative estimate of drug-likeness (QED) is 0.315. The smallest absolute Gasteiger partial charge is 0.273 e. The molecule has 0 N–H and O–H groups in total. The second kappa shape index (κ2) is 11.3. The fourth-order valence-electron chi connectivity index (χ4n) is 3.65. The highest BCUT2D eigenvalue weighted by Crippen LogP contribution is 2.39. The van der Waals surface area contributed by atoms with E-state index >= 15 is 4.39 Å². The van der Waals surface area contributed by atoms with Gasteiger partial charge in [0, 0.05) is 26.8 Å². The van der Waals surface area contributed by atoms with E-state index in [0.717, 1.165) is 12.1 Å². The van der Waals surface area contributed by atoms with Gasteiger partial charge in [-0.25, -0.2) is 19.3 Å². The molecule has 214 valence electrons. The molecule has 0 aliphatic carbocycles. The van der Waals surface area contributed by atoms with E-state index in [9.17, 15) is 19.1 Å². The van der Waals surface area contributed by atoms with Gasteiger partial charge in [0.15, 0.2) is 34.5 Å². The first-order valence-electron chi connectivity index (χ1n) is 15.6. The molecule has 2 aromatic heterocycles. The van der Waals surface area contributed by atoms with Crippen LogP contribution < -0.4 is 33.6 Å². The molecule has 0 bridgehead atoms. The molecule has 0 radical (unpaired) electrons. The standard InChI is InChI=1S/C25H28FN4O9P/c1-25(2)24(31)30(13-38-40(32,33)34)23-18(39-25)7-6-15(28-23)11-17-16(26)12-27-21(29-17)10-14-8-19(35-3)22(37-5)20(9-14)36-4/h6-9,12H,10-11,13H2,1-5H3,(H2,32,33,34)/p-2/i1D3,2D3,12D,13D2. The maximum Gasteiger partial charge on any atom is 0.273 e. The number of hydrogen-bond acceptors (Lipinski definition) is 12. The number of phosphoric ester groups is 1. The van der Waals surface area contributed by atoms with Gasteiger partial charge in [0.05, 0.1) is 45.1 Å². The van der Waals surface area contributed by atoms with Gasteiger partial charge in [-0.2, -0.15) is 0 Å². The lowest BCUT2D eigenvalue weighted by Crippen LogP contribution is -2.53. The number of benzene rings is 1. The summed E-state index contributed by atoms with van der Waals surface area (Å²) < 4.78 is 123. The zero-order chi connectivity index (χ0) is 36.9. The number of methoxy groups -OCH3 is 3. The van der Waals surface area contributed by atoms with Crippen LogP contribution in [0.5, 0.6) is 23.0 Å². The molecular formula is C25H26FN4O9P-2. The number of anilines is 1. The first-order valence-corrected chi connectivity index (χ1v) is 12.5. The molecule has 0 saturated carbocycles. The third kappa shape index (κ3) is 6.31. The van der Waals surface area contributed by atoms with Gasteiger partial charge in [-0.05, 0) is 43.5 Å². The zero-order valence-electron chi connectivity index (χ0n) is 30.0. The number of halogens is 1. The average Bonchev–Trinajstić information content (AvgIpc) is 2.96. The topological polar surface area (TPSA) is 168 Å². The molecule has 0 saturated heterocycles. The average molecular weight is 586 g/mol. The first-order chi connectivity index (χ1) is 22.5. The van der Waals surface area contributed by atoms with Gasteiger partial charge in [-0.1, -0.05) is 0 Å². The summed E-state index contributed by atoms with van der Waals surface area (Å²) >= 11 is 0. The van der Waals surface area contributed by atoms with E-state index in [0.29, 0.717) is 22.8 Å². The minimum atomic E-state index is -6.27. The number of phosphoric acid groups is 1. The van der Waals surface area contributed by atoms with Crippen LogP contribution in [-0.2, 0) is 26.7 Å². The monoisotopic (exact) mass is 585 g/mol. The van der Waals surface area contributed by atoms with Gasteiger partial charge in [-0.3, -0.25) is 9.69 Å². The molecule has 13 nitrogen and oxygen atoms in total. The highest BCUT2D eigenvalue weighted by molar-refractivity contribution is 7.43. The molecule has 0 spiro atoms. The van der Waals surface area contributed by atoms with E-state index in [4.69, 9.17) is 31.3 Å². The Morgan fingerprint density at radius 3 is 2.45 bits per heavy atom. The second-order valence-corrected chi connectivity index (χ2v) is 9.15. The number of amides is 1. The lowest BCUT2D eigenvalue weighted by atomic mass is 10.1. The van der Waals surface area contributed by atoms with Crippen LogP contribution >= 0.6 is 7.82 Å². The third-order valence-corrected chi connectivity index (χ3v) is 5.66. The Labute approximate surface area is 241 Å². The van der Waals surface area contributed by atoms with E-state index in [2.05, 4.69) is 19.5 Å². The van der Waals surface area contributed by atoms with Crippen LogP contribution in [-0.4, -0.2) is 54.5 Å². The van der Waals surface area contributed by atoms with Gasteiger partial charge >= 0.3 is 0 Å². The molecule has 1 aliphatic heterocycles. The Hall–Kier alpha value is -3.84. The highest BCUT2D eigenvalue weighted by Gasteiger charge is 2.42. The number of rotatable bonds is 10. The predicted octanol–water partition coefficient (Wildman–Crippen LogP) is 1.52. The van der Waals surface area contributed by atoms with Crippen LogP contribution in [0.1, 0.15) is 48.8 Å². The molecule has 3 aromatic rings. The van der Waals surface area contributed by atoms with E-state index < -0.39 is 75.4 Å². The summed E-state index contributed by atoms with van der Waals surface area (Å²) in [6.07, 6.45) is -1.48. The van der Waals surface area contributed by atoms with E-state index in [-0.39, 0.29) is 22.8 Å². The van der Waals surface area contributed by atoms with Crippen molar-refractivity contribution in [3.8, 4) is 23.0 Å². The van der Waals surface area contributed by atoms with Crippen LogP contribution in [0.4, 0.5) is 10.2 Å². The van der Waals surface area contributed by atoms with Crippen molar-refractivity contribution in [3.63, 3.8) is 0 Å². The molecule has 40 heavy (non-hydrogen) atoms. The Bertz CT molecular complexity index is 1790. The number of carbonyl (C=O) groups excluding carboxylic acids is 1. The van der Waals surface area contributed by atoms with Crippen LogP contribution in [0.25, 0.3) is 0 Å². The van der Waals surface area contributed by atoms with Crippen molar-refractivity contribution in [3.05, 3.63) is 59.0 Å². The second-order valence-electron chi connectivity index (χ2n) is 8.08. The van der Waals surface area contributed by atoms with Gasteiger partial charge < -0.3 is 37.8 Å². The van der Waals surface area contributed by atoms with Crippen LogP contribution in [0.3, 0.4) is 0 Å². The summed E-state index contributed by atoms with van der Waals surface area (Å²) in [5, 5.41) is 0. The molecule has 15 heteroatoms. The lowest BCUT2D eigenvalue weighted by molar-refractivity contribution is -0.341. The Kier molecular flexibility index (Phi) is 5.46. The minimum Gasteiger partial charge on any atom is -0.790 e. The number of ether oxygens (including phenoxy) is 4. The van der Waals surface area contributed by atoms with Crippen molar-refractivity contribution in [1.29, 1.82) is 0 Å². The summed E-state index contributed by atoms with van der Waals surface area (Å²) in [7, 11) is -2.08. The molecule has 4 rings (SSSR count). The fourth-order valence-corrected chi connectivity index (χ4v) is 3.83. The highest BCUT2D eigenvalue weighted by atomic mass is 31.2. The first kappa shape index (κ1) is 19.3. The molecule has 0 atom stereocenters. The number of hydrogen-bond donors (Lipinski definition) is 0. The summed E-state index contributed by atoms with van der Waals surface area (Å²) in [4.78, 5) is 48.1. The largest absolute Gasteiger partial charge is 0.790 e. The predicted molar refractivity (Wildman–Crippen MR) is 134 cm³/mol. The number of carbonyl (C=O) groups is 1. The summed E-state index contributed by atoms with van der Waals surface area (Å²) in [5.41, 5.74) is -3.99. The van der Waals surface area contributed by atoms with Crippen molar-refractivity contribution in [1.82, 2.24) is 15.0 Å². The summed E-state index contributed by atoms with van der Waals surface area (Å²) in [5.74, 6) is -4.41. The zero-order valence-corrected chi connectivity index (χ0v) is 21.9. The lowest BCUT2D eigenvalue weighted by Gasteiger charge is -2.39. The molecule has 0 unspecified atom stereocenters. The van der Waals surface area contributed by atoms with E-state index in [1.165, 1.54) is 21.3 Å². The number of nitrogens with zero attached hydrogens (tertiary/aromatic N) is 4. The maximum atomic E-state index is 15.2. The number of fused-ring (bicyclic) bond motifs is 1. The third-order valence-electron chi connectivity index (χ3n) is 5.36. The van der Waals surface area contributed by atoms with E-state index in [1.54, 1.807) is 12.1 Å². The van der Waals surface area contributed by atoms with Crippen molar-refractivity contribution in [2.24, 2.45) is 0 Å². The van der Waals surface area contributed by atoms with Crippen molar-refractivity contribution in [2.75, 3.05) is 32.9 Å². The van der Waals surface area contributed by atoms with Crippen LogP contribution in [0.15, 0.2) is 30.4 Å². The normalized spacial score (nSPS) is 18.7. The van der Waals surface area contributed by atoms with Crippen molar-refractivity contribution in [2.45, 2.75) is 32.1 Å². The Morgan fingerprint density at radius 2 is 1.85 bits per heavy atom. The minimum absolute atomic E-state index is 0.0553. The molecule has 1 aromatic carbocycles. The molecule has 0 fully saturated rings. The fraction of sp³-hybridized carbons (Fsp3) is 0.360. The number of aromatic nitrogens is 3. The maximum absolute atomic E-state index is 15.2. The number of pyridine rings is 1. The van der Waals surface area contributed by atoms with Crippen molar-refractivity contribution < 1.29 is 59.3 Å². The molecular weight excluding hydrogens is 550 g/mol. The van der Waals surface area contributed by atoms with Crippen LogP contribution in [0, 0.1) is 5.82 Å².